The number of nitriles is 1. The van der Waals surface area contributed by atoms with E-state index >= 15 is 0 Å². The fourth-order valence-electron chi connectivity index (χ4n) is 2.92. The second-order valence-electron chi connectivity index (χ2n) is 5.51. The van der Waals surface area contributed by atoms with Gasteiger partial charge in [0.05, 0.1) is 11.6 Å². The summed E-state index contributed by atoms with van der Waals surface area (Å²) in [4.78, 5) is 7.33. The number of rotatable bonds is 2. The van der Waals surface area contributed by atoms with Crippen LogP contribution in [0.2, 0.25) is 5.02 Å². The molecule has 4 heteroatoms. The molecule has 0 bridgehead atoms. The molecule has 3 nitrogen and oxygen atoms in total. The van der Waals surface area contributed by atoms with Gasteiger partial charge in [0, 0.05) is 45.5 Å². The van der Waals surface area contributed by atoms with Crippen molar-refractivity contribution in [1.29, 1.82) is 5.26 Å². The number of fused-ring (bicyclic) bond motifs is 2. The van der Waals surface area contributed by atoms with E-state index in [0.717, 1.165) is 32.8 Å². The van der Waals surface area contributed by atoms with Gasteiger partial charge in [-0.2, -0.15) is 5.26 Å². The first kappa shape index (κ1) is 14.5. The first-order chi connectivity index (χ1) is 11.8. The van der Waals surface area contributed by atoms with E-state index in [9.17, 15) is 5.26 Å². The van der Waals surface area contributed by atoms with E-state index in [2.05, 4.69) is 16.0 Å². The van der Waals surface area contributed by atoms with Crippen LogP contribution in [0.25, 0.3) is 33.3 Å². The second-order valence-corrected chi connectivity index (χ2v) is 5.94. The van der Waals surface area contributed by atoms with Gasteiger partial charge in [0.15, 0.2) is 0 Å². The monoisotopic (exact) mass is 329 g/mol. The minimum Gasteiger partial charge on any atom is -0.360 e. The van der Waals surface area contributed by atoms with Crippen LogP contribution in [0, 0.1) is 11.3 Å². The summed E-state index contributed by atoms with van der Waals surface area (Å²) < 4.78 is 0. The first-order valence-corrected chi connectivity index (χ1v) is 7.85. The number of aromatic nitrogens is 2. The third kappa shape index (κ3) is 2.44. The van der Waals surface area contributed by atoms with Gasteiger partial charge in [0.25, 0.3) is 0 Å². The molecular weight excluding hydrogens is 318 g/mol. The van der Waals surface area contributed by atoms with Crippen LogP contribution in [-0.2, 0) is 0 Å². The number of aromatic amines is 1. The van der Waals surface area contributed by atoms with Gasteiger partial charge in [-0.25, -0.2) is 0 Å². The Kier molecular flexibility index (Phi) is 3.53. The highest BCUT2D eigenvalue weighted by molar-refractivity contribution is 6.31. The highest BCUT2D eigenvalue weighted by Gasteiger charge is 2.10. The molecule has 0 aliphatic heterocycles. The van der Waals surface area contributed by atoms with Crippen LogP contribution >= 0.6 is 11.6 Å². The summed E-state index contributed by atoms with van der Waals surface area (Å²) in [6.45, 7) is 0. The Hall–Kier alpha value is -3.09. The zero-order chi connectivity index (χ0) is 16.5. The van der Waals surface area contributed by atoms with Crippen LogP contribution in [-0.4, -0.2) is 9.97 Å². The molecule has 4 rings (SSSR count). The van der Waals surface area contributed by atoms with Gasteiger partial charge in [-0.1, -0.05) is 35.9 Å². The van der Waals surface area contributed by atoms with Crippen LogP contribution in [0.5, 0.6) is 0 Å². The lowest BCUT2D eigenvalue weighted by atomic mass is 10.00. The molecule has 4 aromatic rings. The Morgan fingerprint density at radius 1 is 1.17 bits per heavy atom. The van der Waals surface area contributed by atoms with Crippen LogP contribution < -0.4 is 0 Å². The molecule has 0 amide bonds. The van der Waals surface area contributed by atoms with Crippen molar-refractivity contribution >= 4 is 44.9 Å². The minimum absolute atomic E-state index is 0.605. The van der Waals surface area contributed by atoms with Crippen molar-refractivity contribution in [3.8, 4) is 6.07 Å². The summed E-state index contributed by atoms with van der Waals surface area (Å²) >= 11 is 6.03. The van der Waals surface area contributed by atoms with Crippen LogP contribution in [0.4, 0.5) is 0 Å². The van der Waals surface area contributed by atoms with E-state index in [1.165, 1.54) is 0 Å². The molecule has 0 saturated heterocycles. The second kappa shape index (κ2) is 5.84. The Balaban J connectivity index is 1.91. The molecule has 0 saturated carbocycles. The molecule has 0 unspecified atom stereocenters. The molecule has 0 aliphatic rings. The van der Waals surface area contributed by atoms with Crippen molar-refractivity contribution in [3.63, 3.8) is 0 Å². The Bertz CT molecular complexity index is 1130. The fraction of sp³-hybridized carbons (Fsp3) is 0. The highest BCUT2D eigenvalue weighted by Crippen LogP contribution is 2.29. The number of halogens is 1. The van der Waals surface area contributed by atoms with E-state index in [-0.39, 0.29) is 0 Å². The van der Waals surface area contributed by atoms with Crippen molar-refractivity contribution in [2.24, 2.45) is 0 Å². The molecule has 24 heavy (non-hydrogen) atoms. The lowest BCUT2D eigenvalue weighted by Gasteiger charge is -2.03. The van der Waals surface area contributed by atoms with Crippen molar-refractivity contribution in [2.75, 3.05) is 0 Å². The predicted molar refractivity (Wildman–Crippen MR) is 98.5 cm³/mol. The van der Waals surface area contributed by atoms with E-state index in [1.54, 1.807) is 6.20 Å². The molecular formula is C20H12ClN3. The van der Waals surface area contributed by atoms with Crippen molar-refractivity contribution in [3.05, 3.63) is 77.2 Å². The molecule has 0 atom stereocenters. The number of nitrogens with zero attached hydrogens (tertiary/aromatic N) is 2. The smallest absolute Gasteiger partial charge is 0.0998 e. The van der Waals surface area contributed by atoms with Crippen LogP contribution in [0.1, 0.15) is 11.1 Å². The molecule has 0 fully saturated rings. The summed E-state index contributed by atoms with van der Waals surface area (Å²) in [5.41, 5.74) is 3.39. The van der Waals surface area contributed by atoms with E-state index in [4.69, 9.17) is 11.6 Å². The Morgan fingerprint density at radius 3 is 2.96 bits per heavy atom. The topological polar surface area (TPSA) is 52.5 Å². The lowest BCUT2D eigenvalue weighted by Crippen LogP contribution is -1.83. The van der Waals surface area contributed by atoms with Gasteiger partial charge in [-0.05, 0) is 35.2 Å². The highest BCUT2D eigenvalue weighted by atomic mass is 35.5. The molecule has 2 aromatic carbocycles. The van der Waals surface area contributed by atoms with Crippen molar-refractivity contribution in [1.82, 2.24) is 9.97 Å². The van der Waals surface area contributed by atoms with Crippen LogP contribution in [0.15, 0.2) is 61.1 Å². The van der Waals surface area contributed by atoms with Gasteiger partial charge in [0.2, 0.25) is 0 Å². The zero-order valence-electron chi connectivity index (χ0n) is 12.6. The number of pyridine rings is 1. The van der Waals surface area contributed by atoms with Gasteiger partial charge in [-0.15, -0.1) is 0 Å². The van der Waals surface area contributed by atoms with Crippen LogP contribution in [0.3, 0.4) is 0 Å². The van der Waals surface area contributed by atoms with E-state index in [0.29, 0.717) is 10.6 Å². The molecule has 2 aromatic heterocycles. The molecule has 0 spiro atoms. The molecule has 1 N–H and O–H groups in total. The SMILES string of the molecule is N#C/C(=C\c1cccc2cnccc12)c1c[nH]c2cc(Cl)ccc12. The van der Waals surface area contributed by atoms with E-state index in [1.807, 2.05) is 60.9 Å². The number of H-pyrrole nitrogens is 1. The van der Waals surface area contributed by atoms with Gasteiger partial charge >= 0.3 is 0 Å². The standard InChI is InChI=1S/C20H12ClN3/c21-16-4-5-18-19(12-24-20(18)9-16)15(10-22)8-13-2-1-3-14-11-23-7-6-17(13)14/h1-9,11-12,24H/b15-8+. The summed E-state index contributed by atoms with van der Waals surface area (Å²) in [7, 11) is 0. The molecule has 0 aliphatic carbocycles. The number of benzene rings is 2. The maximum Gasteiger partial charge on any atom is 0.0998 e. The average molecular weight is 330 g/mol. The third-order valence-electron chi connectivity index (χ3n) is 4.07. The largest absolute Gasteiger partial charge is 0.360 e. The van der Waals surface area contributed by atoms with Gasteiger partial charge in [-0.3, -0.25) is 4.98 Å². The maximum atomic E-state index is 9.67. The lowest BCUT2D eigenvalue weighted by molar-refractivity contribution is 1.36. The third-order valence-corrected chi connectivity index (χ3v) is 4.30. The number of hydrogen-bond acceptors (Lipinski definition) is 2. The first-order valence-electron chi connectivity index (χ1n) is 7.48. The predicted octanol–water partition coefficient (Wildman–Crippen LogP) is 5.43. The van der Waals surface area contributed by atoms with Crippen molar-refractivity contribution < 1.29 is 0 Å². The molecule has 114 valence electrons. The maximum absolute atomic E-state index is 9.67. The number of nitrogens with one attached hydrogen (secondary N) is 1. The average Bonchev–Trinajstić information content (AvgIpc) is 3.02. The summed E-state index contributed by atoms with van der Waals surface area (Å²) in [6, 6.07) is 15.9. The summed E-state index contributed by atoms with van der Waals surface area (Å²) in [5.74, 6) is 0. The molecule has 0 radical (unpaired) electrons. The Labute approximate surface area is 143 Å². The quantitative estimate of drug-likeness (QED) is 0.498. The number of allylic oxidation sites excluding steroid dienone is 1. The summed E-state index contributed by atoms with van der Waals surface area (Å²) in [5, 5.41) is 13.4. The number of hydrogen-bond donors (Lipinski definition) is 1. The normalized spacial score (nSPS) is 11.8. The Morgan fingerprint density at radius 2 is 2.08 bits per heavy atom. The van der Waals surface area contributed by atoms with Crippen molar-refractivity contribution in [2.45, 2.75) is 0 Å². The van der Waals surface area contributed by atoms with Gasteiger partial charge < -0.3 is 4.98 Å². The molecule has 2 heterocycles. The fourth-order valence-corrected chi connectivity index (χ4v) is 3.09. The van der Waals surface area contributed by atoms with Gasteiger partial charge in [0.1, 0.15) is 0 Å². The minimum atomic E-state index is 0.605. The van der Waals surface area contributed by atoms with E-state index < -0.39 is 0 Å². The zero-order valence-corrected chi connectivity index (χ0v) is 13.4. The summed E-state index contributed by atoms with van der Waals surface area (Å²) in [6.07, 6.45) is 7.36.